The second-order valence-electron chi connectivity index (χ2n) is 6.45. The second-order valence-corrected chi connectivity index (χ2v) is 7.62. The van der Waals surface area contributed by atoms with Crippen LogP contribution in [0.2, 0.25) is 0 Å². The molecule has 0 spiro atoms. The number of aryl methyl sites for hydroxylation is 2. The van der Waals surface area contributed by atoms with Crippen molar-refractivity contribution in [1.82, 2.24) is 0 Å². The number of rotatable bonds is 4. The summed E-state index contributed by atoms with van der Waals surface area (Å²) in [6.45, 7) is 6.77. The zero-order chi connectivity index (χ0) is 14.8. The van der Waals surface area contributed by atoms with Crippen molar-refractivity contribution in [3.63, 3.8) is 0 Å². The topological polar surface area (TPSA) is 12.0 Å². The Balaban J connectivity index is 1.75. The fraction of sp³-hybridized carbons (Fsp3) is 0.474. The smallest absolute Gasteiger partial charge is 0.0578 e. The molecule has 2 aromatic rings. The molecule has 0 saturated carbocycles. The fourth-order valence-corrected chi connectivity index (χ4v) is 4.30. The van der Waals surface area contributed by atoms with Gasteiger partial charge in [-0.25, -0.2) is 0 Å². The minimum Gasteiger partial charge on any atom is -0.378 e. The monoisotopic (exact) mass is 299 g/mol. The minimum atomic E-state index is 0.392. The van der Waals surface area contributed by atoms with Gasteiger partial charge in [0.05, 0.1) is 6.04 Å². The van der Waals surface area contributed by atoms with Crippen LogP contribution >= 0.6 is 11.3 Å². The summed E-state index contributed by atoms with van der Waals surface area (Å²) in [5.74, 6) is 0.580. The molecule has 1 aromatic heterocycles. The lowest BCUT2D eigenvalue weighted by molar-refractivity contribution is 0.696. The van der Waals surface area contributed by atoms with Crippen molar-refractivity contribution in [2.24, 2.45) is 0 Å². The van der Waals surface area contributed by atoms with Gasteiger partial charge >= 0.3 is 0 Å². The summed E-state index contributed by atoms with van der Waals surface area (Å²) in [6, 6.07) is 11.7. The molecule has 1 aliphatic rings. The molecule has 0 bridgehead atoms. The number of hydrogen-bond acceptors (Lipinski definition) is 2. The van der Waals surface area contributed by atoms with Crippen molar-refractivity contribution in [2.75, 3.05) is 5.32 Å². The van der Waals surface area contributed by atoms with Gasteiger partial charge in [-0.15, -0.1) is 11.3 Å². The van der Waals surface area contributed by atoms with Crippen molar-refractivity contribution < 1.29 is 0 Å². The summed E-state index contributed by atoms with van der Waals surface area (Å²) >= 11 is 2.01. The maximum atomic E-state index is 3.67. The molecule has 0 fully saturated rings. The molecular weight excluding hydrogens is 274 g/mol. The molecule has 0 radical (unpaired) electrons. The summed E-state index contributed by atoms with van der Waals surface area (Å²) in [5, 5.41) is 3.67. The summed E-state index contributed by atoms with van der Waals surface area (Å²) in [7, 11) is 0. The molecule has 1 unspecified atom stereocenters. The average molecular weight is 299 g/mol. The van der Waals surface area contributed by atoms with Crippen LogP contribution in [-0.4, -0.2) is 0 Å². The van der Waals surface area contributed by atoms with Gasteiger partial charge in [0.2, 0.25) is 0 Å². The lowest BCUT2D eigenvalue weighted by Crippen LogP contribution is -2.05. The van der Waals surface area contributed by atoms with Crippen LogP contribution < -0.4 is 5.32 Å². The van der Waals surface area contributed by atoms with E-state index in [0.29, 0.717) is 12.0 Å². The van der Waals surface area contributed by atoms with E-state index in [4.69, 9.17) is 0 Å². The Morgan fingerprint density at radius 3 is 2.62 bits per heavy atom. The summed E-state index contributed by atoms with van der Waals surface area (Å²) in [6.07, 6.45) is 5.30. The lowest BCUT2D eigenvalue weighted by Gasteiger charge is -2.15. The highest BCUT2D eigenvalue weighted by atomic mass is 32.1. The van der Waals surface area contributed by atoms with Gasteiger partial charge in [-0.05, 0) is 67.9 Å². The van der Waals surface area contributed by atoms with E-state index in [9.17, 15) is 0 Å². The number of nitrogens with one attached hydrogen (secondary N) is 1. The highest BCUT2D eigenvalue weighted by molar-refractivity contribution is 7.12. The molecule has 1 aliphatic carbocycles. The third-order valence-electron chi connectivity index (χ3n) is 4.38. The SMILES string of the molecule is CC(C)c1cccc(NC(C)c2cc3c(s2)CCCC3)c1. The molecule has 1 heterocycles. The first-order valence-electron chi connectivity index (χ1n) is 8.11. The molecule has 3 rings (SSSR count). The predicted molar refractivity (Wildman–Crippen MR) is 93.5 cm³/mol. The Labute approximate surface area is 132 Å². The molecule has 0 aliphatic heterocycles. The molecule has 0 saturated heterocycles. The van der Waals surface area contributed by atoms with Gasteiger partial charge in [0, 0.05) is 15.4 Å². The Kier molecular flexibility index (Phi) is 4.34. The third kappa shape index (κ3) is 3.32. The molecule has 2 heteroatoms. The normalized spacial score (nSPS) is 15.8. The molecule has 21 heavy (non-hydrogen) atoms. The molecule has 1 aromatic carbocycles. The van der Waals surface area contributed by atoms with Gasteiger partial charge in [0.1, 0.15) is 0 Å². The zero-order valence-electron chi connectivity index (χ0n) is 13.3. The van der Waals surface area contributed by atoms with Gasteiger partial charge < -0.3 is 5.32 Å². The Hall–Kier alpha value is -1.28. The van der Waals surface area contributed by atoms with Crippen LogP contribution in [0.25, 0.3) is 0 Å². The van der Waals surface area contributed by atoms with E-state index in [1.54, 1.807) is 10.4 Å². The van der Waals surface area contributed by atoms with Crippen LogP contribution in [0.15, 0.2) is 30.3 Å². The maximum absolute atomic E-state index is 3.67. The Bertz CT molecular complexity index is 588. The Morgan fingerprint density at radius 2 is 1.86 bits per heavy atom. The molecule has 1 nitrogen and oxygen atoms in total. The van der Waals surface area contributed by atoms with Gasteiger partial charge in [0.15, 0.2) is 0 Å². The van der Waals surface area contributed by atoms with Crippen molar-refractivity contribution in [3.05, 3.63) is 51.2 Å². The van der Waals surface area contributed by atoms with Crippen LogP contribution in [0.3, 0.4) is 0 Å². The zero-order valence-corrected chi connectivity index (χ0v) is 14.1. The van der Waals surface area contributed by atoms with Crippen molar-refractivity contribution in [3.8, 4) is 0 Å². The fourth-order valence-electron chi connectivity index (χ4n) is 3.04. The first-order valence-corrected chi connectivity index (χ1v) is 8.93. The summed E-state index contributed by atoms with van der Waals surface area (Å²) in [4.78, 5) is 3.11. The number of hydrogen-bond donors (Lipinski definition) is 1. The first-order chi connectivity index (χ1) is 10.1. The maximum Gasteiger partial charge on any atom is 0.0578 e. The van der Waals surface area contributed by atoms with Crippen LogP contribution in [0, 0.1) is 0 Å². The van der Waals surface area contributed by atoms with Gasteiger partial charge in [-0.2, -0.15) is 0 Å². The van der Waals surface area contributed by atoms with Gasteiger partial charge in [0.25, 0.3) is 0 Å². The van der Waals surface area contributed by atoms with Gasteiger partial charge in [-0.3, -0.25) is 0 Å². The average Bonchev–Trinajstić information content (AvgIpc) is 2.91. The van der Waals surface area contributed by atoms with E-state index in [1.807, 2.05) is 11.3 Å². The quantitative estimate of drug-likeness (QED) is 0.738. The molecule has 0 amide bonds. The van der Waals surface area contributed by atoms with E-state index in [1.165, 1.54) is 41.8 Å². The first kappa shape index (κ1) is 14.6. The van der Waals surface area contributed by atoms with E-state index in [2.05, 4.69) is 56.4 Å². The standard InChI is InChI=1S/C19H25NS/c1-13(2)15-8-6-9-17(11-15)20-14(3)19-12-16-7-4-5-10-18(16)21-19/h6,8-9,11-14,20H,4-5,7,10H2,1-3H3. The number of anilines is 1. The predicted octanol–water partition coefficient (Wildman–Crippen LogP) is 5.92. The van der Waals surface area contributed by atoms with Crippen LogP contribution in [0.5, 0.6) is 0 Å². The van der Waals surface area contributed by atoms with E-state index in [0.717, 1.165) is 0 Å². The van der Waals surface area contributed by atoms with Crippen molar-refractivity contribution in [2.45, 2.75) is 58.4 Å². The van der Waals surface area contributed by atoms with Gasteiger partial charge in [-0.1, -0.05) is 26.0 Å². The molecule has 112 valence electrons. The van der Waals surface area contributed by atoms with Crippen LogP contribution in [0.1, 0.15) is 66.5 Å². The lowest BCUT2D eigenvalue weighted by atomic mass is 9.99. The molecule has 1 N–H and O–H groups in total. The third-order valence-corrected chi connectivity index (χ3v) is 5.80. The van der Waals surface area contributed by atoms with Crippen molar-refractivity contribution >= 4 is 17.0 Å². The largest absolute Gasteiger partial charge is 0.378 e. The number of benzene rings is 1. The van der Waals surface area contributed by atoms with Crippen LogP contribution in [0.4, 0.5) is 5.69 Å². The summed E-state index contributed by atoms with van der Waals surface area (Å²) in [5.41, 5.74) is 4.24. The van der Waals surface area contributed by atoms with E-state index in [-0.39, 0.29) is 0 Å². The highest BCUT2D eigenvalue weighted by Gasteiger charge is 2.16. The molecular formula is C19H25NS. The number of fused-ring (bicyclic) bond motifs is 1. The Morgan fingerprint density at radius 1 is 1.05 bits per heavy atom. The molecule has 1 atom stereocenters. The minimum absolute atomic E-state index is 0.392. The number of thiophene rings is 1. The van der Waals surface area contributed by atoms with E-state index < -0.39 is 0 Å². The second kappa shape index (κ2) is 6.23. The van der Waals surface area contributed by atoms with E-state index >= 15 is 0 Å². The highest BCUT2D eigenvalue weighted by Crippen LogP contribution is 2.34. The van der Waals surface area contributed by atoms with Crippen molar-refractivity contribution in [1.29, 1.82) is 0 Å². The summed E-state index contributed by atoms with van der Waals surface area (Å²) < 4.78 is 0. The van der Waals surface area contributed by atoms with Crippen LogP contribution in [-0.2, 0) is 12.8 Å².